The molecule has 1 amide bonds. The summed E-state index contributed by atoms with van der Waals surface area (Å²) in [6.07, 6.45) is 5.22. The number of amides is 1. The SMILES string of the molecule is Cc1ccc(NC(=O)c2ccc(CN3CCN(C)CC3)cc2)cc1Nc1nccc(-c2cccnc2)n1.[B]. The van der Waals surface area contributed by atoms with Gasteiger partial charge in [-0.2, -0.15) is 0 Å². The molecule has 4 aromatic rings. The van der Waals surface area contributed by atoms with Crippen LogP contribution in [-0.4, -0.2) is 72.3 Å². The summed E-state index contributed by atoms with van der Waals surface area (Å²) >= 11 is 0. The van der Waals surface area contributed by atoms with Crippen LogP contribution in [-0.2, 0) is 6.54 Å². The van der Waals surface area contributed by atoms with Crippen molar-refractivity contribution in [2.75, 3.05) is 43.9 Å². The second-order valence-corrected chi connectivity index (χ2v) is 9.39. The Labute approximate surface area is 225 Å². The molecule has 2 N–H and O–H groups in total. The van der Waals surface area contributed by atoms with Crippen molar-refractivity contribution < 1.29 is 4.79 Å². The minimum absolute atomic E-state index is 0. The lowest BCUT2D eigenvalue weighted by molar-refractivity contribution is 0.102. The number of nitrogens with one attached hydrogen (secondary N) is 2. The van der Waals surface area contributed by atoms with Crippen molar-refractivity contribution in [1.82, 2.24) is 24.8 Å². The summed E-state index contributed by atoms with van der Waals surface area (Å²) < 4.78 is 0. The van der Waals surface area contributed by atoms with Gasteiger partial charge in [0.25, 0.3) is 5.91 Å². The Bertz CT molecular complexity index is 1360. The lowest BCUT2D eigenvalue weighted by atomic mass is 10.1. The van der Waals surface area contributed by atoms with E-state index in [1.165, 1.54) is 5.56 Å². The topological polar surface area (TPSA) is 86.3 Å². The predicted octanol–water partition coefficient (Wildman–Crippen LogP) is 4.21. The molecular formula is C29H31BN7O. The highest BCUT2D eigenvalue weighted by molar-refractivity contribution is 6.04. The fourth-order valence-electron chi connectivity index (χ4n) is 4.28. The average molecular weight is 504 g/mol. The Morgan fingerprint density at radius 1 is 0.974 bits per heavy atom. The van der Waals surface area contributed by atoms with E-state index >= 15 is 0 Å². The van der Waals surface area contributed by atoms with E-state index in [1.54, 1.807) is 18.6 Å². The van der Waals surface area contributed by atoms with Gasteiger partial charge in [0.05, 0.1) is 5.69 Å². The van der Waals surface area contributed by atoms with Crippen LogP contribution in [0.5, 0.6) is 0 Å². The molecule has 38 heavy (non-hydrogen) atoms. The maximum Gasteiger partial charge on any atom is 0.255 e. The summed E-state index contributed by atoms with van der Waals surface area (Å²) in [5.74, 6) is 0.333. The molecule has 0 bridgehead atoms. The van der Waals surface area contributed by atoms with Gasteiger partial charge in [-0.15, -0.1) is 0 Å². The number of piperazine rings is 1. The van der Waals surface area contributed by atoms with Crippen molar-refractivity contribution in [3.05, 3.63) is 95.9 Å². The number of pyridine rings is 1. The van der Waals surface area contributed by atoms with Crippen molar-refractivity contribution in [2.45, 2.75) is 13.5 Å². The third-order valence-corrected chi connectivity index (χ3v) is 6.57. The van der Waals surface area contributed by atoms with Gasteiger partial charge < -0.3 is 15.5 Å². The van der Waals surface area contributed by atoms with E-state index < -0.39 is 0 Å². The Morgan fingerprint density at radius 2 is 1.76 bits per heavy atom. The van der Waals surface area contributed by atoms with Crippen molar-refractivity contribution >= 4 is 31.6 Å². The van der Waals surface area contributed by atoms with Crippen LogP contribution in [0.1, 0.15) is 21.5 Å². The largest absolute Gasteiger partial charge is 0.324 e. The van der Waals surface area contributed by atoms with Crippen molar-refractivity contribution in [3.8, 4) is 11.3 Å². The Balaban J connectivity index is 0.00000336. The number of aromatic nitrogens is 3. The van der Waals surface area contributed by atoms with Crippen molar-refractivity contribution in [1.29, 1.82) is 0 Å². The van der Waals surface area contributed by atoms with Crippen molar-refractivity contribution in [2.24, 2.45) is 0 Å². The molecule has 2 aromatic carbocycles. The van der Waals surface area contributed by atoms with Crippen LogP contribution in [0.25, 0.3) is 11.3 Å². The molecule has 9 heteroatoms. The predicted molar refractivity (Wildman–Crippen MR) is 153 cm³/mol. The van der Waals surface area contributed by atoms with Gasteiger partial charge in [-0.3, -0.25) is 14.7 Å². The van der Waals surface area contributed by atoms with Gasteiger partial charge in [-0.05, 0) is 67.6 Å². The summed E-state index contributed by atoms with van der Waals surface area (Å²) in [6, 6.07) is 19.3. The number of anilines is 3. The molecule has 0 atom stereocenters. The molecular weight excluding hydrogens is 473 g/mol. The van der Waals surface area contributed by atoms with Crippen LogP contribution >= 0.6 is 0 Å². The zero-order chi connectivity index (χ0) is 25.6. The maximum absolute atomic E-state index is 12.9. The standard InChI is InChI=1S/C29H31N7O.B/c1-21-5-10-25(18-27(21)34-29-31-13-11-26(33-29)24-4-3-12-30-19-24)32-28(37)23-8-6-22(7-9-23)20-36-16-14-35(2)15-17-36;/h3-13,18-19H,14-17,20H2,1-2H3,(H,32,37)(H,31,33,34);. The van der Waals surface area contributed by atoms with Gasteiger partial charge >= 0.3 is 0 Å². The van der Waals surface area contributed by atoms with E-state index in [1.807, 2.05) is 67.6 Å². The third-order valence-electron chi connectivity index (χ3n) is 6.57. The lowest BCUT2D eigenvalue weighted by Gasteiger charge is -2.32. The normalized spacial score (nSPS) is 13.9. The first-order chi connectivity index (χ1) is 18.0. The number of aryl methyl sites for hydroxylation is 1. The average Bonchev–Trinajstić information content (AvgIpc) is 2.93. The molecule has 5 rings (SSSR count). The van der Waals surface area contributed by atoms with Gasteiger partial charge in [0.2, 0.25) is 5.95 Å². The summed E-state index contributed by atoms with van der Waals surface area (Å²) in [5, 5.41) is 6.29. The molecule has 8 nitrogen and oxygen atoms in total. The van der Waals surface area contributed by atoms with Crippen LogP contribution in [0.3, 0.4) is 0 Å². The number of carbonyl (C=O) groups is 1. The molecule has 1 saturated heterocycles. The summed E-state index contributed by atoms with van der Waals surface area (Å²) in [6.45, 7) is 7.24. The number of benzene rings is 2. The molecule has 0 unspecified atom stereocenters. The molecule has 1 aliphatic rings. The molecule has 3 radical (unpaired) electrons. The van der Waals surface area contributed by atoms with Crippen LogP contribution in [0, 0.1) is 6.92 Å². The highest BCUT2D eigenvalue weighted by atomic mass is 16.1. The zero-order valence-corrected chi connectivity index (χ0v) is 21.8. The smallest absolute Gasteiger partial charge is 0.255 e. The first-order valence-corrected chi connectivity index (χ1v) is 12.5. The van der Waals surface area contributed by atoms with Crippen LogP contribution in [0.4, 0.5) is 17.3 Å². The number of likely N-dealkylation sites (N-methyl/N-ethyl adjacent to an activating group) is 1. The van der Waals surface area contributed by atoms with Gasteiger partial charge in [-0.25, -0.2) is 9.97 Å². The highest BCUT2D eigenvalue weighted by Gasteiger charge is 2.14. The molecule has 0 aliphatic carbocycles. The van der Waals surface area contributed by atoms with Gasteiger partial charge in [-0.1, -0.05) is 18.2 Å². The summed E-state index contributed by atoms with van der Waals surface area (Å²) in [7, 11) is 2.16. The molecule has 0 spiro atoms. The minimum Gasteiger partial charge on any atom is -0.324 e. The maximum atomic E-state index is 12.9. The number of nitrogens with zero attached hydrogens (tertiary/aromatic N) is 5. The quantitative estimate of drug-likeness (QED) is 0.365. The second-order valence-electron chi connectivity index (χ2n) is 9.39. The Morgan fingerprint density at radius 3 is 2.50 bits per heavy atom. The lowest BCUT2D eigenvalue weighted by Crippen LogP contribution is -2.43. The highest BCUT2D eigenvalue weighted by Crippen LogP contribution is 2.24. The fraction of sp³-hybridized carbons (Fsp3) is 0.241. The van der Waals surface area contributed by atoms with Gasteiger partial charge in [0, 0.05) is 82.2 Å². The molecule has 1 aliphatic heterocycles. The zero-order valence-electron chi connectivity index (χ0n) is 21.8. The summed E-state index contributed by atoms with van der Waals surface area (Å²) in [5.41, 5.74) is 6.08. The number of carbonyl (C=O) groups excluding carboxylic acids is 1. The Kier molecular flexibility index (Phi) is 8.83. The summed E-state index contributed by atoms with van der Waals surface area (Å²) in [4.78, 5) is 30.9. The number of rotatable bonds is 7. The Hall–Kier alpha value is -4.08. The number of hydrogen-bond donors (Lipinski definition) is 2. The molecule has 2 aromatic heterocycles. The van der Waals surface area contributed by atoms with E-state index in [0.717, 1.165) is 55.2 Å². The minimum atomic E-state index is -0.143. The van der Waals surface area contributed by atoms with Gasteiger partial charge in [0.15, 0.2) is 0 Å². The van der Waals surface area contributed by atoms with Crippen molar-refractivity contribution in [3.63, 3.8) is 0 Å². The molecule has 0 saturated carbocycles. The molecule has 191 valence electrons. The van der Waals surface area contributed by atoms with E-state index in [2.05, 4.69) is 42.4 Å². The first kappa shape index (κ1) is 27.0. The monoisotopic (exact) mass is 504 g/mol. The van der Waals surface area contributed by atoms with E-state index in [4.69, 9.17) is 0 Å². The van der Waals surface area contributed by atoms with Crippen LogP contribution in [0.15, 0.2) is 79.3 Å². The molecule has 3 heterocycles. The van der Waals surface area contributed by atoms with E-state index in [-0.39, 0.29) is 14.3 Å². The van der Waals surface area contributed by atoms with Crippen LogP contribution < -0.4 is 10.6 Å². The van der Waals surface area contributed by atoms with E-state index in [0.29, 0.717) is 17.2 Å². The van der Waals surface area contributed by atoms with Gasteiger partial charge in [0.1, 0.15) is 0 Å². The third kappa shape index (κ3) is 6.82. The van der Waals surface area contributed by atoms with Crippen LogP contribution in [0.2, 0.25) is 0 Å². The first-order valence-electron chi connectivity index (χ1n) is 12.5. The second kappa shape index (κ2) is 12.4. The van der Waals surface area contributed by atoms with E-state index in [9.17, 15) is 4.79 Å². The fourth-order valence-corrected chi connectivity index (χ4v) is 4.28. The molecule has 1 fully saturated rings. The number of hydrogen-bond acceptors (Lipinski definition) is 7.